The van der Waals surface area contributed by atoms with Gasteiger partial charge in [0.05, 0.1) is 5.02 Å². The van der Waals surface area contributed by atoms with E-state index in [-0.39, 0.29) is 21.2 Å². The first-order valence-corrected chi connectivity index (χ1v) is 10.2. The molecule has 0 fully saturated rings. The first kappa shape index (κ1) is 20.8. The van der Waals surface area contributed by atoms with Gasteiger partial charge >= 0.3 is 0 Å². The Morgan fingerprint density at radius 2 is 1.69 bits per heavy atom. The van der Waals surface area contributed by atoms with Crippen LogP contribution in [0.3, 0.4) is 0 Å². The quantitative estimate of drug-likeness (QED) is 0.592. The topological polar surface area (TPSA) is 75.3 Å². The van der Waals surface area contributed by atoms with E-state index in [9.17, 15) is 22.0 Å². The van der Waals surface area contributed by atoms with E-state index in [1.807, 2.05) is 13.0 Å². The summed E-state index contributed by atoms with van der Waals surface area (Å²) in [7, 11) is -4.07. The predicted octanol–water partition coefficient (Wildman–Crippen LogP) is 4.98. The van der Waals surface area contributed by atoms with Gasteiger partial charge in [-0.15, -0.1) is 0 Å². The molecule has 0 bridgehead atoms. The molecule has 0 atom stereocenters. The Morgan fingerprint density at radius 1 is 0.931 bits per heavy atom. The number of sulfonamides is 1. The molecule has 0 heterocycles. The molecule has 0 aromatic heterocycles. The first-order chi connectivity index (χ1) is 13.7. The predicted molar refractivity (Wildman–Crippen MR) is 108 cm³/mol. The summed E-state index contributed by atoms with van der Waals surface area (Å²) in [6, 6.07) is 13.3. The van der Waals surface area contributed by atoms with Crippen molar-refractivity contribution in [1.29, 1.82) is 0 Å². The van der Waals surface area contributed by atoms with Crippen molar-refractivity contribution in [3.8, 4) is 0 Å². The minimum Gasteiger partial charge on any atom is -0.322 e. The Kier molecular flexibility index (Phi) is 5.86. The van der Waals surface area contributed by atoms with E-state index in [4.69, 9.17) is 11.6 Å². The Bertz CT molecular complexity index is 1200. The maximum Gasteiger partial charge on any atom is 0.263 e. The fourth-order valence-corrected chi connectivity index (χ4v) is 4.12. The van der Waals surface area contributed by atoms with Crippen molar-refractivity contribution >= 4 is 38.9 Å². The van der Waals surface area contributed by atoms with Gasteiger partial charge in [0, 0.05) is 23.0 Å². The summed E-state index contributed by atoms with van der Waals surface area (Å²) in [6.07, 6.45) is 0. The molecule has 0 radical (unpaired) electrons. The highest BCUT2D eigenvalue weighted by molar-refractivity contribution is 7.92. The van der Waals surface area contributed by atoms with Crippen LogP contribution in [-0.4, -0.2) is 14.3 Å². The van der Waals surface area contributed by atoms with Crippen molar-refractivity contribution in [3.63, 3.8) is 0 Å². The zero-order chi connectivity index (χ0) is 21.2. The van der Waals surface area contributed by atoms with Crippen molar-refractivity contribution in [1.82, 2.24) is 0 Å². The number of aryl methyl sites for hydroxylation is 1. The first-order valence-electron chi connectivity index (χ1n) is 8.31. The Balaban J connectivity index is 1.88. The minimum absolute atomic E-state index is 0.0196. The fourth-order valence-electron chi connectivity index (χ4n) is 2.55. The van der Waals surface area contributed by atoms with Crippen LogP contribution in [0.15, 0.2) is 65.6 Å². The van der Waals surface area contributed by atoms with E-state index in [0.29, 0.717) is 5.69 Å². The highest BCUT2D eigenvalue weighted by Crippen LogP contribution is 2.26. The summed E-state index contributed by atoms with van der Waals surface area (Å²) in [6.45, 7) is 1.81. The van der Waals surface area contributed by atoms with Crippen LogP contribution in [0, 0.1) is 18.6 Å². The number of benzene rings is 3. The van der Waals surface area contributed by atoms with Gasteiger partial charge < -0.3 is 5.32 Å². The van der Waals surface area contributed by atoms with E-state index in [2.05, 4.69) is 10.0 Å². The third kappa shape index (κ3) is 4.90. The molecule has 0 unspecified atom stereocenters. The lowest BCUT2D eigenvalue weighted by Gasteiger charge is -2.12. The lowest BCUT2D eigenvalue weighted by Crippen LogP contribution is -2.16. The zero-order valence-corrected chi connectivity index (χ0v) is 16.6. The van der Waals surface area contributed by atoms with Crippen molar-refractivity contribution < 1.29 is 22.0 Å². The summed E-state index contributed by atoms with van der Waals surface area (Å²) in [5.74, 6) is -2.88. The molecule has 9 heteroatoms. The van der Waals surface area contributed by atoms with Gasteiger partial charge in [0.2, 0.25) is 0 Å². The second-order valence-electron chi connectivity index (χ2n) is 6.20. The SMILES string of the molecule is Cc1cccc(NS(=O)(=O)c2cc(C(=O)Nc3ccc(F)c(F)c3)ccc2Cl)c1. The van der Waals surface area contributed by atoms with Crippen LogP contribution in [-0.2, 0) is 10.0 Å². The van der Waals surface area contributed by atoms with Crippen molar-refractivity contribution in [2.24, 2.45) is 0 Å². The molecular weight excluding hydrogens is 422 g/mol. The molecule has 0 spiro atoms. The van der Waals surface area contributed by atoms with E-state index in [1.54, 1.807) is 18.2 Å². The van der Waals surface area contributed by atoms with Crippen LogP contribution in [0.2, 0.25) is 5.02 Å². The number of anilines is 2. The lowest BCUT2D eigenvalue weighted by molar-refractivity contribution is 0.102. The van der Waals surface area contributed by atoms with Gasteiger partial charge in [-0.3, -0.25) is 9.52 Å². The number of carbonyl (C=O) groups excluding carboxylic acids is 1. The lowest BCUT2D eigenvalue weighted by atomic mass is 10.2. The molecule has 2 N–H and O–H groups in total. The summed E-state index contributed by atoms with van der Waals surface area (Å²) < 4.78 is 54.2. The second-order valence-corrected chi connectivity index (χ2v) is 8.26. The smallest absolute Gasteiger partial charge is 0.263 e. The van der Waals surface area contributed by atoms with Gasteiger partial charge in [0.1, 0.15) is 4.90 Å². The molecule has 1 amide bonds. The summed E-state index contributed by atoms with van der Waals surface area (Å²) in [5.41, 5.74) is 1.20. The average molecular weight is 437 g/mol. The van der Waals surface area contributed by atoms with Gasteiger partial charge in [-0.25, -0.2) is 17.2 Å². The van der Waals surface area contributed by atoms with Gasteiger partial charge in [-0.1, -0.05) is 23.7 Å². The summed E-state index contributed by atoms with van der Waals surface area (Å²) in [4.78, 5) is 12.1. The number of hydrogen-bond acceptors (Lipinski definition) is 3. The monoisotopic (exact) mass is 436 g/mol. The molecule has 3 rings (SSSR count). The van der Waals surface area contributed by atoms with Gasteiger partial charge in [-0.2, -0.15) is 0 Å². The third-order valence-electron chi connectivity index (χ3n) is 3.93. The number of hydrogen-bond donors (Lipinski definition) is 2. The van der Waals surface area contributed by atoms with Gasteiger partial charge in [0.25, 0.3) is 15.9 Å². The molecular formula is C20H15ClF2N2O3S. The van der Waals surface area contributed by atoms with Crippen molar-refractivity contribution in [3.05, 3.63) is 88.4 Å². The van der Waals surface area contributed by atoms with Crippen LogP contribution < -0.4 is 10.0 Å². The van der Waals surface area contributed by atoms with Crippen LogP contribution in [0.1, 0.15) is 15.9 Å². The fraction of sp³-hybridized carbons (Fsp3) is 0.0500. The van der Waals surface area contributed by atoms with Crippen LogP contribution >= 0.6 is 11.6 Å². The van der Waals surface area contributed by atoms with E-state index in [0.717, 1.165) is 23.8 Å². The normalized spacial score (nSPS) is 11.2. The number of nitrogens with one attached hydrogen (secondary N) is 2. The molecule has 150 valence electrons. The van der Waals surface area contributed by atoms with Crippen molar-refractivity contribution in [2.75, 3.05) is 10.0 Å². The molecule has 0 saturated carbocycles. The largest absolute Gasteiger partial charge is 0.322 e. The molecule has 5 nitrogen and oxygen atoms in total. The van der Waals surface area contributed by atoms with Crippen molar-refractivity contribution in [2.45, 2.75) is 11.8 Å². The summed E-state index contributed by atoms with van der Waals surface area (Å²) >= 11 is 6.04. The molecule has 0 aliphatic carbocycles. The van der Waals surface area contributed by atoms with Crippen LogP contribution in [0.4, 0.5) is 20.2 Å². The number of carbonyl (C=O) groups is 1. The Labute approximate surface area is 171 Å². The zero-order valence-electron chi connectivity index (χ0n) is 15.0. The molecule has 0 aliphatic rings. The number of rotatable bonds is 5. The maximum absolute atomic E-state index is 13.3. The molecule has 0 aliphatic heterocycles. The Hall–Kier alpha value is -2.97. The van der Waals surface area contributed by atoms with Crippen LogP contribution in [0.5, 0.6) is 0 Å². The molecule has 29 heavy (non-hydrogen) atoms. The molecule has 0 saturated heterocycles. The third-order valence-corrected chi connectivity index (χ3v) is 5.79. The molecule has 3 aromatic rings. The highest BCUT2D eigenvalue weighted by Gasteiger charge is 2.21. The minimum atomic E-state index is -4.07. The van der Waals surface area contributed by atoms with E-state index < -0.39 is 27.6 Å². The number of halogens is 3. The summed E-state index contributed by atoms with van der Waals surface area (Å²) in [5, 5.41) is 2.30. The number of amides is 1. The Morgan fingerprint density at radius 3 is 2.38 bits per heavy atom. The van der Waals surface area contributed by atoms with E-state index >= 15 is 0 Å². The average Bonchev–Trinajstić information content (AvgIpc) is 2.64. The highest BCUT2D eigenvalue weighted by atomic mass is 35.5. The van der Waals surface area contributed by atoms with Crippen LogP contribution in [0.25, 0.3) is 0 Å². The van der Waals surface area contributed by atoms with Gasteiger partial charge in [0.15, 0.2) is 11.6 Å². The molecule has 3 aromatic carbocycles. The van der Waals surface area contributed by atoms with E-state index in [1.165, 1.54) is 18.2 Å². The van der Waals surface area contributed by atoms with Gasteiger partial charge in [-0.05, 0) is 55.0 Å². The maximum atomic E-state index is 13.3. The standard InChI is InChI=1S/C20H15ClF2N2O3S/c1-12-3-2-4-15(9-12)25-29(27,28)19-10-13(5-7-16(19)21)20(26)24-14-6-8-17(22)18(23)11-14/h2-11,25H,1H3,(H,24,26). The second kappa shape index (κ2) is 8.18.